The van der Waals surface area contributed by atoms with Crippen LogP contribution in [0.2, 0.25) is 0 Å². The van der Waals surface area contributed by atoms with Gasteiger partial charge in [-0.05, 0) is 31.2 Å². The Hall–Kier alpha value is -2.01. The molecular weight excluding hydrogens is 282 g/mol. The van der Waals surface area contributed by atoms with E-state index in [0.29, 0.717) is 11.0 Å². The Labute approximate surface area is 127 Å². The molecule has 108 valence electrons. The van der Waals surface area contributed by atoms with Crippen LogP contribution in [-0.4, -0.2) is 16.1 Å². The number of anilines is 1. The third kappa shape index (κ3) is 3.98. The monoisotopic (exact) mass is 299 g/mol. The molecule has 1 aromatic heterocycles. The average Bonchev–Trinajstić information content (AvgIpc) is 3.23. The van der Waals surface area contributed by atoms with Crippen molar-refractivity contribution >= 4 is 22.4 Å². The number of rotatable bonds is 5. The minimum Gasteiger partial charge on any atom is -0.297 e. The highest BCUT2D eigenvalue weighted by molar-refractivity contribution is 7.15. The van der Waals surface area contributed by atoms with Crippen LogP contribution in [0.1, 0.15) is 30.3 Å². The lowest BCUT2D eigenvalue weighted by Crippen LogP contribution is -2.08. The number of nitrogens with one attached hydrogen (secondary N) is 1. The maximum absolute atomic E-state index is 11.9. The summed E-state index contributed by atoms with van der Waals surface area (Å²) in [5, 5.41) is 12.4. The van der Waals surface area contributed by atoms with Crippen molar-refractivity contribution in [3.8, 4) is 0 Å². The summed E-state index contributed by atoms with van der Waals surface area (Å²) >= 11 is 1.42. The molecular formula is C16H17N3OS. The molecule has 1 fully saturated rings. The van der Waals surface area contributed by atoms with Crippen LogP contribution < -0.4 is 5.32 Å². The molecule has 3 rings (SSSR count). The molecule has 1 aliphatic rings. The van der Waals surface area contributed by atoms with E-state index in [4.69, 9.17) is 0 Å². The summed E-state index contributed by atoms with van der Waals surface area (Å²) in [7, 11) is 0. The van der Waals surface area contributed by atoms with Crippen molar-refractivity contribution in [1.82, 2.24) is 10.2 Å². The van der Waals surface area contributed by atoms with Gasteiger partial charge in [-0.25, -0.2) is 0 Å². The third-order valence-corrected chi connectivity index (χ3v) is 4.31. The van der Waals surface area contributed by atoms with Crippen LogP contribution in [0.15, 0.2) is 42.0 Å². The van der Waals surface area contributed by atoms with Gasteiger partial charge in [0, 0.05) is 12.5 Å². The Morgan fingerprint density at radius 3 is 2.81 bits per heavy atom. The lowest BCUT2D eigenvalue weighted by molar-refractivity contribution is -0.112. The minimum atomic E-state index is -0.109. The van der Waals surface area contributed by atoms with E-state index in [2.05, 4.69) is 27.6 Å². The predicted octanol–water partition coefficient (Wildman–Crippen LogP) is 3.42. The van der Waals surface area contributed by atoms with Crippen molar-refractivity contribution in [2.24, 2.45) is 5.92 Å². The first-order valence-corrected chi connectivity index (χ1v) is 7.88. The molecule has 0 saturated heterocycles. The second kappa shape index (κ2) is 6.18. The number of allylic oxidation sites excluding steroid dienone is 1. The summed E-state index contributed by atoms with van der Waals surface area (Å²) in [4.78, 5) is 11.9. The van der Waals surface area contributed by atoms with Crippen molar-refractivity contribution < 1.29 is 4.79 Å². The van der Waals surface area contributed by atoms with E-state index >= 15 is 0 Å². The Morgan fingerprint density at radius 2 is 2.10 bits per heavy atom. The molecule has 0 spiro atoms. The van der Waals surface area contributed by atoms with E-state index in [1.54, 1.807) is 6.08 Å². The molecule has 5 heteroatoms. The zero-order chi connectivity index (χ0) is 14.7. The fourth-order valence-corrected chi connectivity index (χ4v) is 2.93. The van der Waals surface area contributed by atoms with Gasteiger partial charge in [0.15, 0.2) is 0 Å². The van der Waals surface area contributed by atoms with E-state index in [9.17, 15) is 4.79 Å². The average molecular weight is 299 g/mol. The van der Waals surface area contributed by atoms with Crippen LogP contribution >= 0.6 is 11.3 Å². The van der Waals surface area contributed by atoms with Gasteiger partial charge in [-0.3, -0.25) is 10.1 Å². The Morgan fingerprint density at radius 1 is 1.33 bits per heavy atom. The summed E-state index contributed by atoms with van der Waals surface area (Å²) in [5.74, 6) is 0.501. The lowest BCUT2D eigenvalue weighted by Gasteiger charge is -1.98. The first-order valence-electron chi connectivity index (χ1n) is 7.06. The van der Waals surface area contributed by atoms with Crippen LogP contribution in [0.3, 0.4) is 0 Å². The molecule has 1 saturated carbocycles. The number of hydrogen-bond acceptors (Lipinski definition) is 4. The largest absolute Gasteiger partial charge is 0.297 e. The fraction of sp³-hybridized carbons (Fsp3) is 0.312. The summed E-state index contributed by atoms with van der Waals surface area (Å²) < 4.78 is 0. The van der Waals surface area contributed by atoms with Gasteiger partial charge in [0.2, 0.25) is 11.0 Å². The highest BCUT2D eigenvalue weighted by Gasteiger charge is 2.23. The van der Waals surface area contributed by atoms with Crippen molar-refractivity contribution in [3.05, 3.63) is 52.6 Å². The second-order valence-corrected chi connectivity index (χ2v) is 6.38. The van der Waals surface area contributed by atoms with Gasteiger partial charge in [0.05, 0.1) is 0 Å². The standard InChI is InChI=1S/C16H17N3OS/c1-11(13-7-8-13)9-14(20)17-16-19-18-15(21-16)10-12-5-3-2-4-6-12/h2-6,9,13H,7-8,10H2,1H3,(H,17,19,20). The maximum Gasteiger partial charge on any atom is 0.250 e. The molecule has 4 nitrogen and oxygen atoms in total. The van der Waals surface area contributed by atoms with Crippen LogP contribution in [0.4, 0.5) is 5.13 Å². The molecule has 1 N–H and O–H groups in total. The zero-order valence-electron chi connectivity index (χ0n) is 11.9. The number of carbonyl (C=O) groups is 1. The molecule has 0 aliphatic heterocycles. The highest BCUT2D eigenvalue weighted by Crippen LogP contribution is 2.35. The molecule has 0 bridgehead atoms. The molecule has 21 heavy (non-hydrogen) atoms. The van der Waals surface area contributed by atoms with Crippen LogP contribution in [0.25, 0.3) is 0 Å². The van der Waals surface area contributed by atoms with Crippen molar-refractivity contribution in [3.63, 3.8) is 0 Å². The summed E-state index contributed by atoms with van der Waals surface area (Å²) in [6, 6.07) is 10.1. The van der Waals surface area contributed by atoms with Crippen LogP contribution in [0, 0.1) is 5.92 Å². The first-order chi connectivity index (χ1) is 10.2. The van der Waals surface area contributed by atoms with E-state index in [-0.39, 0.29) is 5.91 Å². The van der Waals surface area contributed by atoms with Crippen molar-refractivity contribution in [2.45, 2.75) is 26.2 Å². The highest BCUT2D eigenvalue weighted by atomic mass is 32.1. The maximum atomic E-state index is 11.9. The molecule has 2 aromatic rings. The smallest absolute Gasteiger partial charge is 0.250 e. The third-order valence-electron chi connectivity index (χ3n) is 3.48. The second-order valence-electron chi connectivity index (χ2n) is 5.32. The first kappa shape index (κ1) is 13.9. The van der Waals surface area contributed by atoms with Crippen molar-refractivity contribution in [2.75, 3.05) is 5.32 Å². The molecule has 1 aromatic carbocycles. The van der Waals surface area contributed by atoms with Crippen LogP contribution in [-0.2, 0) is 11.2 Å². The minimum absolute atomic E-state index is 0.109. The number of carbonyl (C=O) groups excluding carboxylic acids is 1. The van der Waals surface area contributed by atoms with Crippen molar-refractivity contribution in [1.29, 1.82) is 0 Å². The Kier molecular flexibility index (Phi) is 4.10. The Balaban J connectivity index is 1.60. The quantitative estimate of drug-likeness (QED) is 0.861. The van der Waals surface area contributed by atoms with E-state index in [1.165, 1.54) is 29.7 Å². The van der Waals surface area contributed by atoms with Gasteiger partial charge in [-0.2, -0.15) is 0 Å². The number of aromatic nitrogens is 2. The fourth-order valence-electron chi connectivity index (χ4n) is 2.15. The topological polar surface area (TPSA) is 54.9 Å². The van der Waals surface area contributed by atoms with Gasteiger partial charge in [-0.15, -0.1) is 10.2 Å². The SMILES string of the molecule is CC(=CC(=O)Nc1nnc(Cc2ccccc2)s1)C1CC1. The van der Waals surface area contributed by atoms with Crippen LogP contribution in [0.5, 0.6) is 0 Å². The molecule has 1 aliphatic carbocycles. The van der Waals surface area contributed by atoms with E-state index in [1.807, 2.05) is 25.1 Å². The number of amides is 1. The summed E-state index contributed by atoms with van der Waals surface area (Å²) in [6.45, 7) is 2.01. The normalized spacial score (nSPS) is 15.0. The summed E-state index contributed by atoms with van der Waals surface area (Å²) in [6.07, 6.45) is 4.83. The Bertz CT molecular complexity index is 659. The molecule has 1 heterocycles. The number of benzene rings is 1. The van der Waals surface area contributed by atoms with Gasteiger partial charge < -0.3 is 0 Å². The molecule has 0 unspecified atom stereocenters. The summed E-state index contributed by atoms with van der Waals surface area (Å²) in [5.41, 5.74) is 2.34. The number of nitrogens with zero attached hydrogens (tertiary/aromatic N) is 2. The molecule has 1 amide bonds. The predicted molar refractivity (Wildman–Crippen MR) is 84.3 cm³/mol. The van der Waals surface area contributed by atoms with Gasteiger partial charge in [0.1, 0.15) is 5.01 Å². The lowest BCUT2D eigenvalue weighted by atomic mass is 10.2. The van der Waals surface area contributed by atoms with E-state index < -0.39 is 0 Å². The molecule has 0 radical (unpaired) electrons. The van der Waals surface area contributed by atoms with Gasteiger partial charge >= 0.3 is 0 Å². The molecule has 0 atom stereocenters. The zero-order valence-corrected chi connectivity index (χ0v) is 12.7. The number of hydrogen-bond donors (Lipinski definition) is 1. The van der Waals surface area contributed by atoms with Gasteiger partial charge in [0.25, 0.3) is 0 Å². The van der Waals surface area contributed by atoms with Gasteiger partial charge in [-0.1, -0.05) is 47.2 Å². The van der Waals surface area contributed by atoms with E-state index in [0.717, 1.165) is 17.0 Å².